The molecule has 28 heavy (non-hydrogen) atoms. The Morgan fingerprint density at radius 2 is 1.75 bits per heavy atom. The number of carbonyl (C=O) groups is 2. The number of ether oxygens (including phenoxy) is 1. The molecule has 0 fully saturated rings. The summed E-state index contributed by atoms with van der Waals surface area (Å²) in [6.45, 7) is 1.92. The number of rotatable bonds is 5. The molecule has 0 aliphatic heterocycles. The van der Waals surface area contributed by atoms with Crippen LogP contribution in [0, 0.1) is 11.7 Å². The Morgan fingerprint density at radius 3 is 2.32 bits per heavy atom. The van der Waals surface area contributed by atoms with Crippen LogP contribution in [0.15, 0.2) is 54.6 Å². The van der Waals surface area contributed by atoms with E-state index in [1.54, 1.807) is 25.1 Å². The quantitative estimate of drug-likeness (QED) is 0.575. The summed E-state index contributed by atoms with van der Waals surface area (Å²) >= 11 is 0. The van der Waals surface area contributed by atoms with Crippen molar-refractivity contribution < 1.29 is 18.7 Å². The maximum absolute atomic E-state index is 13.4. The van der Waals surface area contributed by atoms with Crippen molar-refractivity contribution >= 4 is 23.0 Å². The van der Waals surface area contributed by atoms with Gasteiger partial charge < -0.3 is 9.64 Å². The van der Waals surface area contributed by atoms with E-state index in [0.717, 1.165) is 22.4 Å². The third-order valence-corrected chi connectivity index (χ3v) is 5.06. The Balaban J connectivity index is 1.98. The SMILES string of the molecule is CCOC(=O)[C@H]1C(=O)C=C(c2ccc(N(C)C)cc2)C[C@H]1c1ccc(F)cc1. The monoisotopic (exact) mass is 381 g/mol. The minimum Gasteiger partial charge on any atom is -0.465 e. The highest BCUT2D eigenvalue weighted by molar-refractivity contribution is 6.10. The summed E-state index contributed by atoms with van der Waals surface area (Å²) in [5, 5.41) is 0. The van der Waals surface area contributed by atoms with E-state index < -0.39 is 11.9 Å². The molecule has 0 unspecified atom stereocenters. The summed E-state index contributed by atoms with van der Waals surface area (Å²) < 4.78 is 18.5. The number of hydrogen-bond donors (Lipinski definition) is 0. The summed E-state index contributed by atoms with van der Waals surface area (Å²) in [5.74, 6) is -2.45. The molecule has 0 radical (unpaired) electrons. The molecule has 4 nitrogen and oxygen atoms in total. The van der Waals surface area contributed by atoms with Crippen molar-refractivity contribution in [2.45, 2.75) is 19.3 Å². The second kappa shape index (κ2) is 8.38. The molecule has 0 amide bonds. The number of nitrogens with zero attached hydrogens (tertiary/aromatic N) is 1. The maximum Gasteiger partial charge on any atom is 0.317 e. The molecular formula is C23H24FNO3. The maximum atomic E-state index is 13.4. The predicted octanol–water partition coefficient (Wildman–Crippen LogP) is 4.21. The Morgan fingerprint density at radius 1 is 1.11 bits per heavy atom. The highest BCUT2D eigenvalue weighted by Gasteiger charge is 2.39. The molecule has 5 heteroatoms. The topological polar surface area (TPSA) is 46.6 Å². The van der Waals surface area contributed by atoms with Gasteiger partial charge in [-0.25, -0.2) is 4.39 Å². The van der Waals surface area contributed by atoms with Crippen LogP contribution < -0.4 is 4.90 Å². The van der Waals surface area contributed by atoms with Crippen molar-refractivity contribution in [3.63, 3.8) is 0 Å². The number of carbonyl (C=O) groups excluding carboxylic acids is 2. The Kier molecular flexibility index (Phi) is 5.93. The summed E-state index contributed by atoms with van der Waals surface area (Å²) in [6.07, 6.45) is 2.05. The van der Waals surface area contributed by atoms with Crippen LogP contribution in [-0.2, 0) is 14.3 Å². The molecule has 3 rings (SSSR count). The molecule has 0 bridgehead atoms. The van der Waals surface area contributed by atoms with Crippen molar-refractivity contribution in [2.75, 3.05) is 25.6 Å². The van der Waals surface area contributed by atoms with E-state index >= 15 is 0 Å². The van der Waals surface area contributed by atoms with Gasteiger partial charge in [-0.05, 0) is 60.4 Å². The van der Waals surface area contributed by atoms with Gasteiger partial charge in [0.1, 0.15) is 11.7 Å². The molecule has 0 spiro atoms. The lowest BCUT2D eigenvalue weighted by Crippen LogP contribution is -2.34. The first-order chi connectivity index (χ1) is 13.4. The average molecular weight is 381 g/mol. The van der Waals surface area contributed by atoms with Crippen LogP contribution >= 0.6 is 0 Å². The van der Waals surface area contributed by atoms with Crippen LogP contribution in [-0.4, -0.2) is 32.5 Å². The van der Waals surface area contributed by atoms with Gasteiger partial charge in [-0.15, -0.1) is 0 Å². The largest absolute Gasteiger partial charge is 0.465 e. The van der Waals surface area contributed by atoms with Crippen LogP contribution in [0.2, 0.25) is 0 Å². The number of anilines is 1. The molecule has 1 aliphatic rings. The standard InChI is InChI=1S/C23H24FNO3/c1-4-28-23(27)22-20(16-5-9-18(24)10-6-16)13-17(14-21(22)26)15-7-11-19(12-8-15)25(2)3/h5-12,14,20,22H,4,13H2,1-3H3/t20-,22+/m0/s1. The number of esters is 1. The fraction of sp³-hybridized carbons (Fsp3) is 0.304. The van der Waals surface area contributed by atoms with Crippen LogP contribution in [0.25, 0.3) is 5.57 Å². The lowest BCUT2D eigenvalue weighted by molar-refractivity contribution is -0.151. The molecule has 0 aromatic heterocycles. The van der Waals surface area contributed by atoms with Gasteiger partial charge in [0.2, 0.25) is 0 Å². The average Bonchev–Trinajstić information content (AvgIpc) is 2.68. The van der Waals surface area contributed by atoms with Gasteiger partial charge in [0.05, 0.1) is 6.61 Å². The molecule has 1 aliphatic carbocycles. The summed E-state index contributed by atoms with van der Waals surface area (Å²) in [4.78, 5) is 27.3. The lowest BCUT2D eigenvalue weighted by Gasteiger charge is -2.29. The zero-order chi connectivity index (χ0) is 20.3. The first kappa shape index (κ1) is 19.8. The first-order valence-electron chi connectivity index (χ1n) is 9.35. The third kappa shape index (κ3) is 4.14. The fourth-order valence-electron chi connectivity index (χ4n) is 3.58. The van der Waals surface area contributed by atoms with Crippen LogP contribution in [0.1, 0.15) is 30.4 Å². The number of benzene rings is 2. The highest BCUT2D eigenvalue weighted by Crippen LogP contribution is 2.40. The Labute approximate surface area is 164 Å². The van der Waals surface area contributed by atoms with Crippen molar-refractivity contribution in [2.24, 2.45) is 5.92 Å². The molecule has 0 saturated carbocycles. The minimum absolute atomic E-state index is 0.210. The lowest BCUT2D eigenvalue weighted by atomic mass is 9.73. The van der Waals surface area contributed by atoms with Crippen molar-refractivity contribution in [3.8, 4) is 0 Å². The number of allylic oxidation sites excluding steroid dienone is 2. The van der Waals surface area contributed by atoms with E-state index in [4.69, 9.17) is 4.74 Å². The zero-order valence-corrected chi connectivity index (χ0v) is 16.3. The smallest absolute Gasteiger partial charge is 0.317 e. The van der Waals surface area contributed by atoms with E-state index in [1.165, 1.54) is 12.1 Å². The van der Waals surface area contributed by atoms with Gasteiger partial charge in [0, 0.05) is 25.7 Å². The van der Waals surface area contributed by atoms with Gasteiger partial charge in [-0.2, -0.15) is 0 Å². The normalized spacial score (nSPS) is 19.1. The number of halogens is 1. The fourth-order valence-corrected chi connectivity index (χ4v) is 3.58. The van der Waals surface area contributed by atoms with Gasteiger partial charge >= 0.3 is 5.97 Å². The van der Waals surface area contributed by atoms with Crippen LogP contribution in [0.4, 0.5) is 10.1 Å². The van der Waals surface area contributed by atoms with Gasteiger partial charge in [-0.1, -0.05) is 24.3 Å². The van der Waals surface area contributed by atoms with E-state index in [0.29, 0.717) is 6.42 Å². The summed E-state index contributed by atoms with van der Waals surface area (Å²) in [6, 6.07) is 13.9. The van der Waals surface area contributed by atoms with E-state index in [-0.39, 0.29) is 24.1 Å². The van der Waals surface area contributed by atoms with E-state index in [1.807, 2.05) is 43.3 Å². The van der Waals surface area contributed by atoms with E-state index in [2.05, 4.69) is 0 Å². The van der Waals surface area contributed by atoms with Gasteiger partial charge in [0.15, 0.2) is 5.78 Å². The number of hydrogen-bond acceptors (Lipinski definition) is 4. The number of ketones is 1. The van der Waals surface area contributed by atoms with Crippen LogP contribution in [0.5, 0.6) is 0 Å². The summed E-state index contributed by atoms with van der Waals surface area (Å²) in [5.41, 5.74) is 3.62. The zero-order valence-electron chi connectivity index (χ0n) is 16.3. The van der Waals surface area contributed by atoms with Crippen molar-refractivity contribution in [3.05, 3.63) is 71.6 Å². The van der Waals surface area contributed by atoms with Gasteiger partial charge in [0.25, 0.3) is 0 Å². The second-order valence-electron chi connectivity index (χ2n) is 7.11. The molecule has 146 valence electrons. The molecule has 0 N–H and O–H groups in total. The molecule has 2 aromatic carbocycles. The highest BCUT2D eigenvalue weighted by atomic mass is 19.1. The van der Waals surface area contributed by atoms with Gasteiger partial charge in [-0.3, -0.25) is 9.59 Å². The van der Waals surface area contributed by atoms with E-state index in [9.17, 15) is 14.0 Å². The van der Waals surface area contributed by atoms with Crippen molar-refractivity contribution in [1.82, 2.24) is 0 Å². The summed E-state index contributed by atoms with van der Waals surface area (Å²) in [7, 11) is 3.93. The van der Waals surface area contributed by atoms with Crippen molar-refractivity contribution in [1.29, 1.82) is 0 Å². The first-order valence-corrected chi connectivity index (χ1v) is 9.35. The Bertz CT molecular complexity index is 885. The third-order valence-electron chi connectivity index (χ3n) is 5.06. The molecule has 0 heterocycles. The molecule has 0 saturated heterocycles. The van der Waals surface area contributed by atoms with Crippen LogP contribution in [0.3, 0.4) is 0 Å². The second-order valence-corrected chi connectivity index (χ2v) is 7.11. The Hall–Kier alpha value is -2.95. The molecular weight excluding hydrogens is 357 g/mol. The molecule has 2 aromatic rings. The minimum atomic E-state index is -0.907. The molecule has 2 atom stereocenters. The predicted molar refractivity (Wildman–Crippen MR) is 108 cm³/mol.